The molecule has 0 saturated carbocycles. The zero-order valence-corrected chi connectivity index (χ0v) is 25.0. The first-order valence-corrected chi connectivity index (χ1v) is 13.8. The van der Waals surface area contributed by atoms with Gasteiger partial charge in [-0.15, -0.1) is 0 Å². The molecule has 0 saturated heterocycles. The quantitative estimate of drug-likeness (QED) is 0.394. The first-order chi connectivity index (χ1) is 16.0. The minimum Gasteiger partial charge on any atom is -0.507 e. The van der Waals surface area contributed by atoms with Crippen LogP contribution in [0.4, 0.5) is 0 Å². The molecule has 2 rings (SSSR count). The largest absolute Gasteiger partial charge is 0.507 e. The van der Waals surface area contributed by atoms with Crippen molar-refractivity contribution in [2.24, 2.45) is 0 Å². The maximum Gasteiger partial charge on any atom is 0.122 e. The van der Waals surface area contributed by atoms with Crippen molar-refractivity contribution < 1.29 is 10.2 Å². The van der Waals surface area contributed by atoms with Gasteiger partial charge in [0.05, 0.1) is 0 Å². The zero-order chi connectivity index (χ0) is 27.2. The molecule has 0 aliphatic heterocycles. The Morgan fingerprint density at radius 1 is 0.457 bits per heavy atom. The summed E-state index contributed by atoms with van der Waals surface area (Å²) in [5.41, 5.74) is 9.07. The van der Waals surface area contributed by atoms with Crippen LogP contribution in [0.15, 0.2) is 12.1 Å². The number of rotatable bonds is 8. The summed E-state index contributed by atoms with van der Waals surface area (Å²) >= 11 is 0. The molecule has 2 aromatic carbocycles. The lowest BCUT2D eigenvalue weighted by atomic mass is 9.67. The Kier molecular flexibility index (Phi) is 8.84. The van der Waals surface area contributed by atoms with Crippen LogP contribution in [0.5, 0.6) is 11.5 Å². The normalized spacial score (nSPS) is 12.9. The number of aromatic hydroxyl groups is 2. The van der Waals surface area contributed by atoms with Crippen molar-refractivity contribution in [1.82, 2.24) is 0 Å². The van der Waals surface area contributed by atoms with Crippen LogP contribution >= 0.6 is 0 Å². The molecule has 2 N–H and O–H groups in total. The van der Waals surface area contributed by atoms with E-state index in [1.165, 1.54) is 22.3 Å². The van der Waals surface area contributed by atoms with E-state index in [1.807, 2.05) is 0 Å². The molecule has 2 heteroatoms. The number of phenolic OH excluding ortho intramolecular Hbond substituents is 2. The van der Waals surface area contributed by atoms with E-state index in [1.54, 1.807) is 0 Å². The van der Waals surface area contributed by atoms with Crippen LogP contribution in [0.25, 0.3) is 0 Å². The third-order valence-corrected chi connectivity index (χ3v) is 7.72. The van der Waals surface area contributed by atoms with Crippen molar-refractivity contribution in [2.75, 3.05) is 0 Å². The Balaban J connectivity index is 3.17. The maximum atomic E-state index is 11.4. The Morgan fingerprint density at radius 3 is 0.914 bits per heavy atom. The van der Waals surface area contributed by atoms with Crippen LogP contribution in [0, 0.1) is 0 Å². The highest BCUT2D eigenvalue weighted by Crippen LogP contribution is 2.50. The summed E-state index contributed by atoms with van der Waals surface area (Å²) in [6.07, 6.45) is 0. The molecule has 0 atom stereocenters. The molecular formula is C33H52O2. The standard InChI is InChI=1S/C33H52O2/c1-17(2)23-15-25(27(19(5)6)29(21(9)10)31(23)34)33(13,14)26-16-24(18(3)4)32(35)30(22(11)12)28(26)20(7)8/h15-22,34-35H,1-14H3. The topological polar surface area (TPSA) is 40.5 Å². The molecule has 2 nitrogen and oxygen atoms in total. The van der Waals surface area contributed by atoms with Gasteiger partial charge >= 0.3 is 0 Å². The van der Waals surface area contributed by atoms with E-state index in [0.717, 1.165) is 22.3 Å². The lowest BCUT2D eigenvalue weighted by Crippen LogP contribution is -2.27. The van der Waals surface area contributed by atoms with Gasteiger partial charge in [-0.05, 0) is 68.9 Å². The second-order valence-corrected chi connectivity index (χ2v) is 12.9. The molecule has 0 fully saturated rings. The van der Waals surface area contributed by atoms with E-state index in [-0.39, 0.29) is 40.9 Å². The van der Waals surface area contributed by atoms with Crippen LogP contribution in [0.3, 0.4) is 0 Å². The van der Waals surface area contributed by atoms with Gasteiger partial charge in [0, 0.05) is 16.5 Å². The Bertz CT molecular complexity index is 966. The fourth-order valence-corrected chi connectivity index (χ4v) is 5.93. The SMILES string of the molecule is CC(C)c1cc(C(C)(C)c2cc(C(C)C)c(O)c(C(C)C)c2C(C)C)c(C(C)C)c(C(C)C)c1O. The molecule has 196 valence electrons. The molecule has 0 spiro atoms. The highest BCUT2D eigenvalue weighted by Gasteiger charge is 2.36. The van der Waals surface area contributed by atoms with E-state index >= 15 is 0 Å². The van der Waals surface area contributed by atoms with Crippen molar-refractivity contribution in [3.8, 4) is 11.5 Å². The summed E-state index contributed by atoms with van der Waals surface area (Å²) in [6, 6.07) is 4.56. The van der Waals surface area contributed by atoms with Gasteiger partial charge in [0.1, 0.15) is 11.5 Å². The number of phenols is 2. The van der Waals surface area contributed by atoms with Gasteiger partial charge in [0.2, 0.25) is 0 Å². The van der Waals surface area contributed by atoms with Gasteiger partial charge in [0.25, 0.3) is 0 Å². The molecule has 0 heterocycles. The summed E-state index contributed by atoms with van der Waals surface area (Å²) in [6.45, 7) is 31.1. The van der Waals surface area contributed by atoms with Gasteiger partial charge in [-0.25, -0.2) is 0 Å². The summed E-state index contributed by atoms with van der Waals surface area (Å²) in [4.78, 5) is 0. The number of benzene rings is 2. The van der Waals surface area contributed by atoms with Crippen molar-refractivity contribution in [2.45, 2.75) is 138 Å². The lowest BCUT2D eigenvalue weighted by Gasteiger charge is -2.38. The third kappa shape index (κ3) is 5.27. The van der Waals surface area contributed by atoms with E-state index < -0.39 is 0 Å². The minimum atomic E-state index is -0.304. The molecule has 0 aliphatic rings. The molecule has 0 bridgehead atoms. The number of hydrogen-bond donors (Lipinski definition) is 2. The van der Waals surface area contributed by atoms with Crippen LogP contribution < -0.4 is 0 Å². The van der Waals surface area contributed by atoms with Gasteiger partial charge in [0.15, 0.2) is 0 Å². The fourth-order valence-electron chi connectivity index (χ4n) is 5.93. The van der Waals surface area contributed by atoms with Gasteiger partial charge < -0.3 is 10.2 Å². The second-order valence-electron chi connectivity index (χ2n) is 12.9. The van der Waals surface area contributed by atoms with E-state index in [9.17, 15) is 10.2 Å². The smallest absolute Gasteiger partial charge is 0.122 e. The molecule has 0 aromatic heterocycles. The highest BCUT2D eigenvalue weighted by molar-refractivity contribution is 5.62. The monoisotopic (exact) mass is 480 g/mol. The summed E-state index contributed by atoms with van der Waals surface area (Å²) < 4.78 is 0. The average molecular weight is 481 g/mol. The summed E-state index contributed by atoms with van der Waals surface area (Å²) in [7, 11) is 0. The number of hydrogen-bond acceptors (Lipinski definition) is 2. The van der Waals surface area contributed by atoms with Crippen LogP contribution in [0.1, 0.15) is 177 Å². The first-order valence-electron chi connectivity index (χ1n) is 13.8. The second kappa shape index (κ2) is 10.6. The molecule has 0 unspecified atom stereocenters. The van der Waals surface area contributed by atoms with Gasteiger partial charge in [-0.1, -0.05) is 109 Å². The van der Waals surface area contributed by atoms with Gasteiger partial charge in [-0.3, -0.25) is 0 Å². The molecule has 0 aliphatic carbocycles. The zero-order valence-electron chi connectivity index (χ0n) is 25.0. The van der Waals surface area contributed by atoms with Crippen LogP contribution in [-0.4, -0.2) is 10.2 Å². The average Bonchev–Trinajstić information content (AvgIpc) is 2.70. The maximum absolute atomic E-state index is 11.4. The molecule has 0 radical (unpaired) electrons. The molecule has 2 aromatic rings. The molecule has 0 amide bonds. The predicted octanol–water partition coefficient (Wildman–Crippen LogP) is 10.2. The molecule has 35 heavy (non-hydrogen) atoms. The van der Waals surface area contributed by atoms with Crippen molar-refractivity contribution in [1.29, 1.82) is 0 Å². The van der Waals surface area contributed by atoms with Gasteiger partial charge in [-0.2, -0.15) is 0 Å². The highest BCUT2D eigenvalue weighted by atomic mass is 16.3. The third-order valence-electron chi connectivity index (χ3n) is 7.72. The van der Waals surface area contributed by atoms with E-state index in [0.29, 0.717) is 11.5 Å². The first kappa shape index (κ1) is 29.3. The Morgan fingerprint density at radius 2 is 0.714 bits per heavy atom. The Hall–Kier alpha value is -1.96. The predicted molar refractivity (Wildman–Crippen MR) is 153 cm³/mol. The Labute approximate surface area is 216 Å². The summed E-state index contributed by atoms with van der Waals surface area (Å²) in [5, 5.41) is 22.8. The van der Waals surface area contributed by atoms with Crippen molar-refractivity contribution in [3.05, 3.63) is 56.6 Å². The minimum absolute atomic E-state index is 0.225. The van der Waals surface area contributed by atoms with Crippen LogP contribution in [0.2, 0.25) is 0 Å². The van der Waals surface area contributed by atoms with E-state index in [2.05, 4.69) is 109 Å². The lowest BCUT2D eigenvalue weighted by molar-refractivity contribution is 0.447. The van der Waals surface area contributed by atoms with Crippen molar-refractivity contribution >= 4 is 0 Å². The fraction of sp³-hybridized carbons (Fsp3) is 0.636. The van der Waals surface area contributed by atoms with E-state index in [4.69, 9.17) is 0 Å². The summed E-state index contributed by atoms with van der Waals surface area (Å²) in [5.74, 6) is 2.41. The molecular weight excluding hydrogens is 428 g/mol. The van der Waals surface area contributed by atoms with Crippen molar-refractivity contribution in [3.63, 3.8) is 0 Å². The van der Waals surface area contributed by atoms with Crippen LogP contribution in [-0.2, 0) is 5.41 Å².